The summed E-state index contributed by atoms with van der Waals surface area (Å²) < 4.78 is 6.73. The van der Waals surface area contributed by atoms with E-state index in [0.717, 1.165) is 11.1 Å². The minimum atomic E-state index is 0.517. The Kier molecular flexibility index (Phi) is 4.24. The molecule has 14 heavy (non-hydrogen) atoms. The summed E-state index contributed by atoms with van der Waals surface area (Å²) in [5.41, 5.74) is 2.55. The van der Waals surface area contributed by atoms with Crippen molar-refractivity contribution in [1.29, 1.82) is 0 Å². The van der Waals surface area contributed by atoms with Crippen molar-refractivity contribution < 1.29 is 4.74 Å². The molecule has 0 unspecified atom stereocenters. The molecule has 1 aromatic carbocycles. The molecule has 0 aliphatic rings. The van der Waals surface area contributed by atoms with Gasteiger partial charge in [-0.1, -0.05) is 0 Å². The number of methoxy groups -OCH3 is 1. The minimum absolute atomic E-state index is 0.517. The molecule has 0 saturated carbocycles. The van der Waals surface area contributed by atoms with Crippen molar-refractivity contribution in [2.45, 2.75) is 19.2 Å². The van der Waals surface area contributed by atoms with Crippen LogP contribution in [-0.2, 0) is 0 Å². The summed E-state index contributed by atoms with van der Waals surface area (Å²) in [5.74, 6) is 0.987. The van der Waals surface area contributed by atoms with Gasteiger partial charge in [0.15, 0.2) is 0 Å². The zero-order chi connectivity index (χ0) is 10.6. The Bertz CT molecular complexity index is 331. The monoisotopic (exact) mass is 256 g/mol. The standard InChI is InChI=1S/C12H16OSe/c1-5-6-14-12-8-9(2)11(13-4)7-10(12)3/h5,7-8H,1,6H2,2-4H3. The van der Waals surface area contributed by atoms with E-state index in [1.165, 1.54) is 15.6 Å². The molecule has 76 valence electrons. The Labute approximate surface area is 92.3 Å². The Morgan fingerprint density at radius 1 is 1.36 bits per heavy atom. The van der Waals surface area contributed by atoms with E-state index < -0.39 is 0 Å². The van der Waals surface area contributed by atoms with Crippen molar-refractivity contribution in [3.8, 4) is 5.75 Å². The molecule has 1 rings (SSSR count). The van der Waals surface area contributed by atoms with Crippen molar-refractivity contribution >= 4 is 19.4 Å². The fourth-order valence-corrected chi connectivity index (χ4v) is 3.06. The zero-order valence-electron chi connectivity index (χ0n) is 8.96. The van der Waals surface area contributed by atoms with E-state index >= 15 is 0 Å². The molecule has 1 nitrogen and oxygen atoms in total. The molecule has 0 N–H and O–H groups in total. The number of rotatable bonds is 4. The van der Waals surface area contributed by atoms with Crippen LogP contribution in [0.5, 0.6) is 5.75 Å². The molecule has 0 heterocycles. The van der Waals surface area contributed by atoms with Gasteiger partial charge in [-0.15, -0.1) is 0 Å². The fraction of sp³-hybridized carbons (Fsp3) is 0.333. The van der Waals surface area contributed by atoms with E-state index in [2.05, 4.69) is 32.6 Å². The summed E-state index contributed by atoms with van der Waals surface area (Å²) in [4.78, 5) is 0. The van der Waals surface area contributed by atoms with Gasteiger partial charge in [0.1, 0.15) is 0 Å². The molecule has 0 aliphatic carbocycles. The van der Waals surface area contributed by atoms with Crippen LogP contribution in [0, 0.1) is 13.8 Å². The molecule has 0 atom stereocenters. The van der Waals surface area contributed by atoms with Crippen LogP contribution in [0.4, 0.5) is 0 Å². The van der Waals surface area contributed by atoms with Crippen LogP contribution in [0.25, 0.3) is 0 Å². The predicted octanol–water partition coefficient (Wildman–Crippen LogP) is 2.25. The van der Waals surface area contributed by atoms with E-state index in [1.807, 2.05) is 6.08 Å². The quantitative estimate of drug-likeness (QED) is 0.592. The second-order valence-corrected chi connectivity index (χ2v) is 5.41. The maximum absolute atomic E-state index is 5.27. The van der Waals surface area contributed by atoms with Crippen molar-refractivity contribution in [1.82, 2.24) is 0 Å². The van der Waals surface area contributed by atoms with Crippen LogP contribution in [0.3, 0.4) is 0 Å². The van der Waals surface area contributed by atoms with Gasteiger partial charge in [-0.2, -0.15) is 0 Å². The third kappa shape index (κ3) is 2.63. The molecule has 1 aromatic rings. The summed E-state index contributed by atoms with van der Waals surface area (Å²) in [5, 5.41) is 1.10. The zero-order valence-corrected chi connectivity index (χ0v) is 10.7. The summed E-state index contributed by atoms with van der Waals surface area (Å²) in [6.07, 6.45) is 1.99. The van der Waals surface area contributed by atoms with Crippen LogP contribution in [0.2, 0.25) is 5.32 Å². The fourth-order valence-electron chi connectivity index (χ4n) is 1.29. The summed E-state index contributed by atoms with van der Waals surface area (Å²) in [7, 11) is 1.72. The maximum atomic E-state index is 5.27. The van der Waals surface area contributed by atoms with Gasteiger partial charge in [0.25, 0.3) is 0 Å². The first-order chi connectivity index (χ1) is 6.69. The van der Waals surface area contributed by atoms with E-state index in [9.17, 15) is 0 Å². The number of hydrogen-bond donors (Lipinski definition) is 0. The Morgan fingerprint density at radius 3 is 2.64 bits per heavy atom. The van der Waals surface area contributed by atoms with Gasteiger partial charge in [0, 0.05) is 0 Å². The molecule has 2 heteroatoms. The predicted molar refractivity (Wildman–Crippen MR) is 62.9 cm³/mol. The Hall–Kier alpha value is -0.721. The molecule has 0 fully saturated rings. The first-order valence-electron chi connectivity index (χ1n) is 4.58. The second-order valence-electron chi connectivity index (χ2n) is 3.19. The summed E-state index contributed by atoms with van der Waals surface area (Å²) in [6.45, 7) is 7.98. The SMILES string of the molecule is C=CC[Se]c1cc(C)c(OC)cc1C. The van der Waals surface area contributed by atoms with Crippen molar-refractivity contribution in [3.05, 3.63) is 35.9 Å². The second kappa shape index (κ2) is 5.23. The van der Waals surface area contributed by atoms with Crippen molar-refractivity contribution in [2.75, 3.05) is 7.11 Å². The van der Waals surface area contributed by atoms with Gasteiger partial charge in [-0.3, -0.25) is 0 Å². The first kappa shape index (κ1) is 11.4. The average molecular weight is 255 g/mol. The Balaban J connectivity index is 2.96. The van der Waals surface area contributed by atoms with Gasteiger partial charge in [-0.05, 0) is 0 Å². The average Bonchev–Trinajstić information content (AvgIpc) is 2.18. The summed E-state index contributed by atoms with van der Waals surface area (Å²) in [6, 6.07) is 4.35. The number of aryl methyl sites for hydroxylation is 2. The third-order valence-corrected chi connectivity index (χ3v) is 4.47. The molecule has 0 radical (unpaired) electrons. The van der Waals surface area contributed by atoms with Gasteiger partial charge in [0.05, 0.1) is 0 Å². The number of allylic oxidation sites excluding steroid dienone is 1. The molecular weight excluding hydrogens is 239 g/mol. The molecule has 0 aromatic heterocycles. The van der Waals surface area contributed by atoms with Crippen molar-refractivity contribution in [2.24, 2.45) is 0 Å². The van der Waals surface area contributed by atoms with Crippen LogP contribution >= 0.6 is 0 Å². The molecule has 0 amide bonds. The molecule has 0 aliphatic heterocycles. The van der Waals surface area contributed by atoms with Crippen LogP contribution in [0.15, 0.2) is 24.8 Å². The van der Waals surface area contributed by atoms with Crippen molar-refractivity contribution in [3.63, 3.8) is 0 Å². The van der Waals surface area contributed by atoms with E-state index in [0.29, 0.717) is 15.0 Å². The van der Waals surface area contributed by atoms with Gasteiger partial charge in [0.2, 0.25) is 0 Å². The van der Waals surface area contributed by atoms with Crippen LogP contribution in [-0.4, -0.2) is 22.1 Å². The number of benzene rings is 1. The van der Waals surface area contributed by atoms with Gasteiger partial charge < -0.3 is 0 Å². The van der Waals surface area contributed by atoms with Gasteiger partial charge >= 0.3 is 92.1 Å². The summed E-state index contributed by atoms with van der Waals surface area (Å²) >= 11 is 0.517. The Morgan fingerprint density at radius 2 is 2.07 bits per heavy atom. The van der Waals surface area contributed by atoms with E-state index in [-0.39, 0.29) is 0 Å². The van der Waals surface area contributed by atoms with Gasteiger partial charge in [-0.25, -0.2) is 0 Å². The molecule has 0 bridgehead atoms. The molecular formula is C12H16OSe. The van der Waals surface area contributed by atoms with E-state index in [1.54, 1.807) is 7.11 Å². The van der Waals surface area contributed by atoms with E-state index in [4.69, 9.17) is 4.74 Å². The van der Waals surface area contributed by atoms with Crippen LogP contribution in [0.1, 0.15) is 11.1 Å². The molecule has 0 saturated heterocycles. The first-order valence-corrected chi connectivity index (χ1v) is 6.64. The number of hydrogen-bond acceptors (Lipinski definition) is 1. The topological polar surface area (TPSA) is 9.23 Å². The third-order valence-electron chi connectivity index (χ3n) is 2.05. The normalized spacial score (nSPS) is 9.93. The van der Waals surface area contributed by atoms with Crippen LogP contribution < -0.4 is 9.20 Å². The molecule has 0 spiro atoms. The number of ether oxygens (including phenoxy) is 1.